The van der Waals surface area contributed by atoms with E-state index in [-0.39, 0.29) is 5.91 Å². The molecule has 0 aliphatic carbocycles. The van der Waals surface area contributed by atoms with Crippen molar-refractivity contribution in [2.75, 3.05) is 19.6 Å². The lowest BCUT2D eigenvalue weighted by molar-refractivity contribution is 0.0954. The Morgan fingerprint density at radius 1 is 1.23 bits per heavy atom. The highest BCUT2D eigenvalue weighted by Crippen LogP contribution is 2.31. The third-order valence-electron chi connectivity index (χ3n) is 4.49. The normalized spacial score (nSPS) is 15.9. The minimum atomic E-state index is 0.0241. The van der Waals surface area contributed by atoms with Gasteiger partial charge in [0, 0.05) is 12.1 Å². The van der Waals surface area contributed by atoms with E-state index in [0.29, 0.717) is 5.92 Å². The molecule has 0 saturated carbocycles. The zero-order valence-electron chi connectivity index (χ0n) is 13.2. The fraction of sp³-hybridized carbons (Fsp3) is 0.421. The van der Waals surface area contributed by atoms with Crippen LogP contribution in [0.4, 0.5) is 0 Å². The molecule has 1 heterocycles. The van der Waals surface area contributed by atoms with E-state index in [4.69, 9.17) is 0 Å². The van der Waals surface area contributed by atoms with Crippen molar-refractivity contribution < 1.29 is 4.79 Å². The van der Waals surface area contributed by atoms with Gasteiger partial charge in [-0.3, -0.25) is 4.79 Å². The van der Waals surface area contributed by atoms with Crippen LogP contribution in [0, 0.1) is 0 Å². The van der Waals surface area contributed by atoms with Gasteiger partial charge in [0.25, 0.3) is 5.91 Å². The predicted molar refractivity (Wildman–Crippen MR) is 91.4 cm³/mol. The summed E-state index contributed by atoms with van der Waals surface area (Å²) in [5.74, 6) is 0.653. The molecule has 0 aromatic heterocycles. The molecule has 0 unspecified atom stereocenters. The second kappa shape index (κ2) is 6.93. The minimum Gasteiger partial charge on any atom is -0.352 e. The van der Waals surface area contributed by atoms with Gasteiger partial charge in [-0.2, -0.15) is 0 Å². The van der Waals surface area contributed by atoms with Crippen LogP contribution in [0.2, 0.25) is 0 Å². The van der Waals surface area contributed by atoms with Crippen molar-refractivity contribution in [3.63, 3.8) is 0 Å². The lowest BCUT2D eigenvalue weighted by Gasteiger charge is -2.24. The van der Waals surface area contributed by atoms with E-state index in [9.17, 15) is 4.79 Å². The number of hydrogen-bond donors (Lipinski definition) is 2. The number of carbonyl (C=O) groups is 1. The highest BCUT2D eigenvalue weighted by Gasteiger charge is 2.17. The Labute approximate surface area is 132 Å². The number of piperidine rings is 1. The zero-order valence-corrected chi connectivity index (χ0v) is 13.2. The van der Waals surface area contributed by atoms with Gasteiger partial charge < -0.3 is 10.6 Å². The molecule has 0 atom stereocenters. The molecule has 1 saturated heterocycles. The van der Waals surface area contributed by atoms with Crippen LogP contribution in [0.1, 0.15) is 48.0 Å². The fourth-order valence-electron chi connectivity index (χ4n) is 3.28. The molecule has 1 aliphatic heterocycles. The summed E-state index contributed by atoms with van der Waals surface area (Å²) in [6, 6.07) is 12.6. The summed E-state index contributed by atoms with van der Waals surface area (Å²) in [4.78, 5) is 12.1. The van der Waals surface area contributed by atoms with Crippen molar-refractivity contribution in [2.45, 2.75) is 32.1 Å². The number of nitrogens with one attached hydrogen (secondary N) is 2. The molecule has 0 bridgehead atoms. The third kappa shape index (κ3) is 3.14. The first-order valence-electron chi connectivity index (χ1n) is 8.31. The highest BCUT2D eigenvalue weighted by atomic mass is 16.1. The molecule has 2 N–H and O–H groups in total. The summed E-state index contributed by atoms with van der Waals surface area (Å²) < 4.78 is 0. The Hall–Kier alpha value is -1.87. The van der Waals surface area contributed by atoms with Crippen LogP contribution in [-0.4, -0.2) is 25.5 Å². The number of amides is 1. The van der Waals surface area contributed by atoms with Crippen LogP contribution in [0.25, 0.3) is 10.8 Å². The molecular formula is C19H24N2O. The molecule has 1 amide bonds. The average molecular weight is 296 g/mol. The number of rotatable bonds is 4. The molecule has 22 heavy (non-hydrogen) atoms. The lowest BCUT2D eigenvalue weighted by Crippen LogP contribution is -2.26. The first-order chi connectivity index (χ1) is 10.8. The van der Waals surface area contributed by atoms with Crippen molar-refractivity contribution in [2.24, 2.45) is 0 Å². The fourth-order valence-corrected chi connectivity index (χ4v) is 3.28. The van der Waals surface area contributed by atoms with Crippen molar-refractivity contribution >= 4 is 16.7 Å². The van der Waals surface area contributed by atoms with Crippen molar-refractivity contribution in [1.29, 1.82) is 0 Å². The van der Waals surface area contributed by atoms with Crippen molar-refractivity contribution in [1.82, 2.24) is 10.6 Å². The second-order valence-corrected chi connectivity index (χ2v) is 6.06. The van der Waals surface area contributed by atoms with Gasteiger partial charge in [0.1, 0.15) is 0 Å². The van der Waals surface area contributed by atoms with Crippen LogP contribution in [0.3, 0.4) is 0 Å². The Bertz CT molecular complexity index is 660. The van der Waals surface area contributed by atoms with Crippen LogP contribution in [-0.2, 0) is 0 Å². The summed E-state index contributed by atoms with van der Waals surface area (Å²) in [7, 11) is 0. The van der Waals surface area contributed by atoms with Gasteiger partial charge in [-0.25, -0.2) is 0 Å². The maximum Gasteiger partial charge on any atom is 0.251 e. The molecule has 0 spiro atoms. The molecule has 3 nitrogen and oxygen atoms in total. The number of benzene rings is 2. The third-order valence-corrected chi connectivity index (χ3v) is 4.49. The summed E-state index contributed by atoms with van der Waals surface area (Å²) in [5.41, 5.74) is 2.18. The van der Waals surface area contributed by atoms with Crippen molar-refractivity contribution in [3.8, 4) is 0 Å². The van der Waals surface area contributed by atoms with Gasteiger partial charge in [0.05, 0.1) is 0 Å². The van der Waals surface area contributed by atoms with Gasteiger partial charge in [0.2, 0.25) is 0 Å². The van der Waals surface area contributed by atoms with E-state index in [1.807, 2.05) is 12.1 Å². The topological polar surface area (TPSA) is 41.1 Å². The van der Waals surface area contributed by atoms with Gasteiger partial charge >= 0.3 is 0 Å². The quantitative estimate of drug-likeness (QED) is 0.907. The van der Waals surface area contributed by atoms with Gasteiger partial charge in [-0.1, -0.05) is 31.2 Å². The van der Waals surface area contributed by atoms with Gasteiger partial charge in [0.15, 0.2) is 0 Å². The maximum absolute atomic E-state index is 12.1. The maximum atomic E-state index is 12.1. The Balaban J connectivity index is 1.91. The summed E-state index contributed by atoms with van der Waals surface area (Å²) in [6.45, 7) is 4.98. The molecular weight excluding hydrogens is 272 g/mol. The monoisotopic (exact) mass is 296 g/mol. The zero-order chi connectivity index (χ0) is 15.4. The minimum absolute atomic E-state index is 0.0241. The number of fused-ring (bicyclic) bond motifs is 1. The standard InChI is InChI=1S/C19H24N2O/c1-2-10-21-19(22)16-6-7-18-15(13-16)4-3-5-17(18)14-8-11-20-12-9-14/h3-7,13-14,20H,2,8-12H2,1H3,(H,21,22). The van der Waals surface area contributed by atoms with E-state index in [0.717, 1.165) is 31.6 Å². The summed E-state index contributed by atoms with van der Waals surface area (Å²) >= 11 is 0. The number of carbonyl (C=O) groups excluding carboxylic acids is 1. The van der Waals surface area contributed by atoms with Crippen molar-refractivity contribution in [3.05, 3.63) is 47.5 Å². The summed E-state index contributed by atoms with van der Waals surface area (Å²) in [6.07, 6.45) is 3.34. The Morgan fingerprint density at radius 2 is 2.05 bits per heavy atom. The highest BCUT2D eigenvalue weighted by molar-refractivity contribution is 5.99. The molecule has 0 radical (unpaired) electrons. The predicted octanol–water partition coefficient (Wildman–Crippen LogP) is 3.45. The first-order valence-corrected chi connectivity index (χ1v) is 8.31. The molecule has 3 heteroatoms. The molecule has 1 fully saturated rings. The van der Waals surface area contributed by atoms with Crippen LogP contribution >= 0.6 is 0 Å². The molecule has 3 rings (SSSR count). The average Bonchev–Trinajstić information content (AvgIpc) is 2.59. The molecule has 2 aromatic carbocycles. The molecule has 1 aliphatic rings. The van der Waals surface area contributed by atoms with E-state index in [1.54, 1.807) is 0 Å². The SMILES string of the molecule is CCCNC(=O)c1ccc2c(C3CCNCC3)cccc2c1. The molecule has 116 valence electrons. The van der Waals surface area contributed by atoms with Gasteiger partial charge in [-0.15, -0.1) is 0 Å². The first kappa shape index (κ1) is 15.0. The molecule has 2 aromatic rings. The van der Waals surface area contributed by atoms with Gasteiger partial charge in [-0.05, 0) is 66.7 Å². The van der Waals surface area contributed by atoms with E-state index in [2.05, 4.69) is 41.8 Å². The second-order valence-electron chi connectivity index (χ2n) is 6.06. The number of hydrogen-bond acceptors (Lipinski definition) is 2. The Kier molecular flexibility index (Phi) is 4.74. The largest absolute Gasteiger partial charge is 0.352 e. The van der Waals surface area contributed by atoms with E-state index < -0.39 is 0 Å². The summed E-state index contributed by atoms with van der Waals surface area (Å²) in [5, 5.41) is 8.83. The lowest BCUT2D eigenvalue weighted by atomic mass is 9.86. The van der Waals surface area contributed by atoms with E-state index >= 15 is 0 Å². The van der Waals surface area contributed by atoms with Crippen LogP contribution < -0.4 is 10.6 Å². The van der Waals surface area contributed by atoms with Crippen LogP contribution in [0.15, 0.2) is 36.4 Å². The van der Waals surface area contributed by atoms with E-state index in [1.165, 1.54) is 29.2 Å². The smallest absolute Gasteiger partial charge is 0.251 e. The Morgan fingerprint density at radius 3 is 2.82 bits per heavy atom. The van der Waals surface area contributed by atoms with Crippen LogP contribution in [0.5, 0.6) is 0 Å².